The van der Waals surface area contributed by atoms with Gasteiger partial charge in [0.15, 0.2) is 5.43 Å². The second-order valence-electron chi connectivity index (χ2n) is 10.2. The normalized spacial score (nSPS) is 12.6. The molecule has 5 aromatic rings. The van der Waals surface area contributed by atoms with Crippen LogP contribution < -0.4 is 10.7 Å². The number of para-hydroxylation sites is 1. The molecule has 0 saturated heterocycles. The summed E-state index contributed by atoms with van der Waals surface area (Å²) >= 11 is 0. The van der Waals surface area contributed by atoms with Crippen molar-refractivity contribution in [2.75, 3.05) is 5.32 Å². The lowest BCUT2D eigenvalue weighted by atomic mass is 10.00. The minimum Gasteiger partial charge on any atom is -0.456 e. The molecule has 0 bridgehead atoms. The van der Waals surface area contributed by atoms with Crippen molar-refractivity contribution in [3.05, 3.63) is 100.0 Å². The maximum atomic E-state index is 13.2. The van der Waals surface area contributed by atoms with Crippen LogP contribution in [0.5, 0.6) is 0 Å². The first kappa shape index (κ1) is 24.3. The molecule has 3 aromatic heterocycles. The van der Waals surface area contributed by atoms with E-state index >= 15 is 0 Å². The third kappa shape index (κ3) is 4.98. The van der Waals surface area contributed by atoms with Gasteiger partial charge in [-0.3, -0.25) is 4.79 Å². The van der Waals surface area contributed by atoms with Crippen LogP contribution in [-0.4, -0.2) is 21.2 Å². The van der Waals surface area contributed by atoms with Crippen molar-refractivity contribution in [2.24, 2.45) is 0 Å². The fourth-order valence-electron chi connectivity index (χ4n) is 4.39. The van der Waals surface area contributed by atoms with Crippen molar-refractivity contribution in [3.8, 4) is 11.3 Å². The second kappa shape index (κ2) is 9.24. The second-order valence-corrected chi connectivity index (χ2v) is 10.2. The molecular weight excluding hydrogens is 466 g/mol. The molecule has 0 radical (unpaired) electrons. The van der Waals surface area contributed by atoms with Crippen molar-refractivity contribution in [1.82, 2.24) is 9.61 Å². The molecular formula is C30H29N3O4. The van der Waals surface area contributed by atoms with Crippen LogP contribution in [0.2, 0.25) is 0 Å². The van der Waals surface area contributed by atoms with Crippen LogP contribution in [0.4, 0.5) is 5.69 Å². The number of rotatable bonds is 5. The van der Waals surface area contributed by atoms with Gasteiger partial charge in [0.25, 0.3) is 0 Å². The lowest BCUT2D eigenvalue weighted by Crippen LogP contribution is -2.24. The maximum Gasteiger partial charge on any atom is 0.340 e. The van der Waals surface area contributed by atoms with Gasteiger partial charge in [0, 0.05) is 35.3 Å². The lowest BCUT2D eigenvalue weighted by molar-refractivity contribution is 0.00706. The molecule has 0 aliphatic heterocycles. The smallest absolute Gasteiger partial charge is 0.340 e. The molecule has 5 rings (SSSR count). The summed E-state index contributed by atoms with van der Waals surface area (Å²) in [5.74, 6) is 0.0566. The van der Waals surface area contributed by atoms with Crippen LogP contribution in [0.3, 0.4) is 0 Å². The van der Waals surface area contributed by atoms with Gasteiger partial charge < -0.3 is 14.5 Å². The molecule has 7 nitrogen and oxygen atoms in total. The van der Waals surface area contributed by atoms with E-state index in [1.54, 1.807) is 22.8 Å². The number of ether oxygens (including phenoxy) is 1. The largest absolute Gasteiger partial charge is 0.456 e. The summed E-state index contributed by atoms with van der Waals surface area (Å²) < 4.78 is 13.7. The van der Waals surface area contributed by atoms with Gasteiger partial charge in [-0.1, -0.05) is 18.2 Å². The summed E-state index contributed by atoms with van der Waals surface area (Å²) in [7, 11) is 0. The topological polar surface area (TPSA) is 85.8 Å². The van der Waals surface area contributed by atoms with E-state index in [1.165, 1.54) is 6.07 Å². The highest BCUT2D eigenvalue weighted by Gasteiger charge is 2.22. The molecule has 1 atom stereocenters. The first-order chi connectivity index (χ1) is 17.6. The number of carbonyl (C=O) groups is 1. The highest BCUT2D eigenvalue weighted by Crippen LogP contribution is 2.31. The van der Waals surface area contributed by atoms with E-state index in [1.807, 2.05) is 83.3 Å². The Hall–Kier alpha value is -4.39. The van der Waals surface area contributed by atoms with Gasteiger partial charge in [-0.2, -0.15) is 5.10 Å². The number of aryl methyl sites for hydroxylation is 1. The van der Waals surface area contributed by atoms with Gasteiger partial charge in [0.1, 0.15) is 16.9 Å². The Morgan fingerprint density at radius 1 is 1.08 bits per heavy atom. The van der Waals surface area contributed by atoms with Crippen molar-refractivity contribution in [2.45, 2.75) is 46.3 Å². The Kier molecular flexibility index (Phi) is 6.07. The minimum atomic E-state index is -0.610. The Bertz CT molecular complexity index is 1690. The number of nitrogens with zero attached hydrogens (tertiary/aromatic N) is 2. The van der Waals surface area contributed by atoms with Gasteiger partial charge in [-0.25, -0.2) is 9.31 Å². The molecule has 188 valence electrons. The number of esters is 1. The zero-order valence-electron chi connectivity index (χ0n) is 21.5. The number of nitrogens with one attached hydrogen (secondary N) is 1. The predicted octanol–water partition coefficient (Wildman–Crippen LogP) is 6.54. The molecule has 37 heavy (non-hydrogen) atoms. The monoisotopic (exact) mass is 495 g/mol. The molecule has 0 aliphatic carbocycles. The first-order valence-corrected chi connectivity index (χ1v) is 12.2. The molecule has 1 N–H and O–H groups in total. The first-order valence-electron chi connectivity index (χ1n) is 12.2. The Labute approximate surface area is 214 Å². The van der Waals surface area contributed by atoms with E-state index in [0.29, 0.717) is 28.0 Å². The highest BCUT2D eigenvalue weighted by molar-refractivity contribution is 5.96. The molecule has 7 heteroatoms. The summed E-state index contributed by atoms with van der Waals surface area (Å²) in [6.07, 6.45) is 3.56. The quantitative estimate of drug-likeness (QED) is 0.279. The average molecular weight is 496 g/mol. The summed E-state index contributed by atoms with van der Waals surface area (Å²) in [4.78, 5) is 26.0. The molecule has 3 heterocycles. The number of aromatic nitrogens is 2. The molecule has 2 aromatic carbocycles. The predicted molar refractivity (Wildman–Crippen MR) is 145 cm³/mol. The van der Waals surface area contributed by atoms with Crippen LogP contribution >= 0.6 is 0 Å². The van der Waals surface area contributed by atoms with Crippen LogP contribution in [0, 0.1) is 6.92 Å². The Balaban J connectivity index is 1.57. The molecule has 0 saturated carbocycles. The molecule has 0 fully saturated rings. The lowest BCUT2D eigenvalue weighted by Gasteiger charge is -2.22. The molecule has 0 aliphatic rings. The van der Waals surface area contributed by atoms with E-state index in [9.17, 15) is 9.59 Å². The number of hydrogen-bond donors (Lipinski definition) is 1. The number of benzene rings is 2. The third-order valence-corrected chi connectivity index (χ3v) is 6.07. The molecule has 1 unspecified atom stereocenters. The number of anilines is 1. The van der Waals surface area contributed by atoms with Crippen molar-refractivity contribution < 1.29 is 13.9 Å². The van der Waals surface area contributed by atoms with Crippen LogP contribution in [0.15, 0.2) is 82.3 Å². The van der Waals surface area contributed by atoms with Gasteiger partial charge in [-0.05, 0) is 76.6 Å². The van der Waals surface area contributed by atoms with Gasteiger partial charge in [0.2, 0.25) is 0 Å². The summed E-state index contributed by atoms with van der Waals surface area (Å²) in [6, 6.07) is 18.1. The number of fused-ring (bicyclic) bond motifs is 2. The Morgan fingerprint density at radius 2 is 1.86 bits per heavy atom. The third-order valence-electron chi connectivity index (χ3n) is 6.07. The van der Waals surface area contributed by atoms with Crippen LogP contribution in [-0.2, 0) is 4.74 Å². The molecule has 0 amide bonds. The zero-order chi connectivity index (χ0) is 26.3. The SMILES string of the molecule is Cc1cc(C(C)Nc2ccccc2C(=O)OC(C)(C)C)c2oc(-c3ccc4ccnn4c3)cc(=O)c2c1. The van der Waals surface area contributed by atoms with Crippen LogP contribution in [0.1, 0.15) is 55.2 Å². The minimum absolute atomic E-state index is 0.122. The number of carbonyl (C=O) groups excluding carboxylic acids is 1. The van der Waals surface area contributed by atoms with E-state index in [0.717, 1.165) is 22.2 Å². The van der Waals surface area contributed by atoms with E-state index in [-0.39, 0.29) is 11.5 Å². The van der Waals surface area contributed by atoms with Crippen LogP contribution in [0.25, 0.3) is 27.8 Å². The van der Waals surface area contributed by atoms with Gasteiger partial charge >= 0.3 is 5.97 Å². The van der Waals surface area contributed by atoms with Crippen molar-refractivity contribution in [3.63, 3.8) is 0 Å². The number of hydrogen-bond acceptors (Lipinski definition) is 6. The summed E-state index contributed by atoms with van der Waals surface area (Å²) in [5, 5.41) is 8.23. The zero-order valence-corrected chi connectivity index (χ0v) is 21.5. The number of pyridine rings is 1. The molecule has 0 spiro atoms. The highest BCUT2D eigenvalue weighted by atomic mass is 16.6. The summed E-state index contributed by atoms with van der Waals surface area (Å²) in [6.45, 7) is 9.44. The van der Waals surface area contributed by atoms with Gasteiger partial charge in [-0.15, -0.1) is 0 Å². The van der Waals surface area contributed by atoms with E-state index in [4.69, 9.17) is 9.15 Å². The van der Waals surface area contributed by atoms with E-state index in [2.05, 4.69) is 10.4 Å². The average Bonchev–Trinajstić information content (AvgIpc) is 3.31. The maximum absolute atomic E-state index is 13.2. The Morgan fingerprint density at radius 3 is 2.65 bits per heavy atom. The van der Waals surface area contributed by atoms with Crippen molar-refractivity contribution >= 4 is 28.1 Å². The fraction of sp³-hybridized carbons (Fsp3) is 0.233. The standard InChI is InChI=1S/C30H29N3O4/c1-18-14-23(19(2)32-25-9-7-6-8-22(25)29(35)37-30(3,4)5)28-24(15-18)26(34)16-27(36-28)20-10-11-21-12-13-31-33(21)17-20/h6-17,19,32H,1-5H3. The summed E-state index contributed by atoms with van der Waals surface area (Å²) in [5.41, 5.74) is 4.30. The van der Waals surface area contributed by atoms with E-state index < -0.39 is 11.6 Å². The fourth-order valence-corrected chi connectivity index (χ4v) is 4.39. The van der Waals surface area contributed by atoms with Crippen molar-refractivity contribution in [1.29, 1.82) is 0 Å². The van der Waals surface area contributed by atoms with Gasteiger partial charge in [0.05, 0.1) is 22.5 Å².